The lowest BCUT2D eigenvalue weighted by Crippen LogP contribution is -2.38. The Labute approximate surface area is 141 Å². The normalized spacial score (nSPS) is 18.8. The van der Waals surface area contributed by atoms with E-state index in [-0.39, 0.29) is 36.8 Å². The van der Waals surface area contributed by atoms with Gasteiger partial charge in [0.1, 0.15) is 0 Å². The van der Waals surface area contributed by atoms with Gasteiger partial charge in [-0.15, -0.1) is 0 Å². The van der Waals surface area contributed by atoms with Crippen molar-refractivity contribution in [2.24, 2.45) is 5.92 Å². The van der Waals surface area contributed by atoms with Gasteiger partial charge in [-0.25, -0.2) is 0 Å². The fourth-order valence-corrected chi connectivity index (χ4v) is 3.19. The molecule has 0 bridgehead atoms. The lowest BCUT2D eigenvalue weighted by atomic mass is 10.1. The predicted molar refractivity (Wildman–Crippen MR) is 93.7 cm³/mol. The Hall–Kier alpha value is -2.40. The molecule has 0 radical (unpaired) electrons. The molecule has 2 amide bonds. The van der Waals surface area contributed by atoms with Crippen LogP contribution in [0.5, 0.6) is 0 Å². The minimum absolute atomic E-state index is 0.0266. The van der Waals surface area contributed by atoms with Crippen molar-refractivity contribution < 1.29 is 14.7 Å². The third-order valence-corrected chi connectivity index (χ3v) is 4.50. The van der Waals surface area contributed by atoms with E-state index < -0.39 is 0 Å². The van der Waals surface area contributed by atoms with Crippen molar-refractivity contribution >= 4 is 28.3 Å². The summed E-state index contributed by atoms with van der Waals surface area (Å²) in [5.41, 5.74) is 0.858. The van der Waals surface area contributed by atoms with Crippen molar-refractivity contribution in [3.05, 3.63) is 42.5 Å². The monoisotopic (exact) mass is 326 g/mol. The number of carbonyl (C=O) groups is 2. The minimum Gasteiger partial charge on any atom is -0.396 e. The first-order chi connectivity index (χ1) is 11.6. The van der Waals surface area contributed by atoms with Crippen LogP contribution in [0.15, 0.2) is 42.5 Å². The van der Waals surface area contributed by atoms with E-state index in [9.17, 15) is 9.59 Å². The highest BCUT2D eigenvalue weighted by molar-refractivity contribution is 6.06. The van der Waals surface area contributed by atoms with E-state index in [2.05, 4.69) is 5.32 Å². The van der Waals surface area contributed by atoms with E-state index in [0.717, 1.165) is 16.5 Å². The van der Waals surface area contributed by atoms with Gasteiger partial charge in [0.2, 0.25) is 11.8 Å². The zero-order valence-corrected chi connectivity index (χ0v) is 13.7. The van der Waals surface area contributed by atoms with Crippen LogP contribution in [0.25, 0.3) is 10.8 Å². The van der Waals surface area contributed by atoms with Crippen molar-refractivity contribution in [1.29, 1.82) is 0 Å². The summed E-state index contributed by atoms with van der Waals surface area (Å²) in [6, 6.07) is 13.7. The number of fused-ring (bicyclic) bond motifs is 1. The number of amides is 2. The second kappa shape index (κ2) is 7.01. The molecule has 5 nitrogen and oxygen atoms in total. The standard InChI is InChI=1S/C19H22N2O3/c1-13(9-10-22)20-19(24)15-11-18(23)21(12-15)17-8-4-6-14-5-2-3-7-16(14)17/h2-8,13,15,22H,9-12H2,1H3,(H,20,24). The van der Waals surface area contributed by atoms with Crippen LogP contribution in [-0.2, 0) is 9.59 Å². The predicted octanol–water partition coefficient (Wildman–Crippen LogP) is 2.08. The molecule has 0 spiro atoms. The minimum atomic E-state index is -0.349. The number of hydrogen-bond donors (Lipinski definition) is 2. The van der Waals surface area contributed by atoms with Gasteiger partial charge in [0, 0.05) is 31.0 Å². The topological polar surface area (TPSA) is 69.6 Å². The van der Waals surface area contributed by atoms with Gasteiger partial charge in [0.05, 0.1) is 11.6 Å². The van der Waals surface area contributed by atoms with Gasteiger partial charge in [-0.3, -0.25) is 9.59 Å². The van der Waals surface area contributed by atoms with E-state index in [1.54, 1.807) is 4.90 Å². The number of carbonyl (C=O) groups excluding carboxylic acids is 2. The van der Waals surface area contributed by atoms with Crippen LogP contribution in [-0.4, -0.2) is 36.1 Å². The molecule has 1 aliphatic rings. The molecule has 1 saturated heterocycles. The van der Waals surface area contributed by atoms with Crippen LogP contribution in [0.3, 0.4) is 0 Å². The Bertz CT molecular complexity index is 754. The van der Waals surface area contributed by atoms with Crippen LogP contribution in [0.2, 0.25) is 0 Å². The second-order valence-electron chi connectivity index (χ2n) is 6.33. The summed E-state index contributed by atoms with van der Waals surface area (Å²) in [6.45, 7) is 2.28. The fourth-order valence-electron chi connectivity index (χ4n) is 3.19. The summed E-state index contributed by atoms with van der Waals surface area (Å²) in [6.07, 6.45) is 0.736. The number of rotatable bonds is 5. The van der Waals surface area contributed by atoms with Crippen LogP contribution < -0.4 is 10.2 Å². The average molecular weight is 326 g/mol. The van der Waals surface area contributed by atoms with E-state index >= 15 is 0 Å². The first-order valence-corrected chi connectivity index (χ1v) is 8.29. The Morgan fingerprint density at radius 1 is 1.29 bits per heavy atom. The largest absolute Gasteiger partial charge is 0.396 e. The zero-order chi connectivity index (χ0) is 17.1. The molecule has 2 aromatic rings. The highest BCUT2D eigenvalue weighted by Gasteiger charge is 2.35. The number of aliphatic hydroxyl groups is 1. The van der Waals surface area contributed by atoms with Gasteiger partial charge in [-0.1, -0.05) is 36.4 Å². The SMILES string of the molecule is CC(CCO)NC(=O)C1CC(=O)N(c2cccc3ccccc23)C1. The van der Waals surface area contributed by atoms with Crippen LogP contribution in [0, 0.1) is 5.92 Å². The molecular weight excluding hydrogens is 304 g/mol. The van der Waals surface area contributed by atoms with E-state index in [0.29, 0.717) is 13.0 Å². The summed E-state index contributed by atoms with van der Waals surface area (Å²) < 4.78 is 0. The number of anilines is 1. The van der Waals surface area contributed by atoms with E-state index in [1.807, 2.05) is 49.4 Å². The van der Waals surface area contributed by atoms with E-state index in [1.165, 1.54) is 0 Å². The molecule has 0 saturated carbocycles. The maximum Gasteiger partial charge on any atom is 0.227 e. The number of benzene rings is 2. The third kappa shape index (κ3) is 3.26. The summed E-state index contributed by atoms with van der Waals surface area (Å²) in [5, 5.41) is 13.9. The lowest BCUT2D eigenvalue weighted by Gasteiger charge is -2.19. The first-order valence-electron chi connectivity index (χ1n) is 8.29. The summed E-state index contributed by atoms with van der Waals surface area (Å²) in [4.78, 5) is 26.5. The number of hydrogen-bond acceptors (Lipinski definition) is 3. The molecule has 1 heterocycles. The highest BCUT2D eigenvalue weighted by atomic mass is 16.3. The fraction of sp³-hybridized carbons (Fsp3) is 0.368. The van der Waals surface area contributed by atoms with Gasteiger partial charge in [0.15, 0.2) is 0 Å². The van der Waals surface area contributed by atoms with Crippen LogP contribution in [0.4, 0.5) is 5.69 Å². The zero-order valence-electron chi connectivity index (χ0n) is 13.7. The lowest BCUT2D eigenvalue weighted by molar-refractivity contribution is -0.126. The molecule has 2 N–H and O–H groups in total. The van der Waals surface area contributed by atoms with Crippen LogP contribution in [0.1, 0.15) is 19.8 Å². The van der Waals surface area contributed by atoms with E-state index in [4.69, 9.17) is 5.11 Å². The molecule has 0 aromatic heterocycles. The number of aliphatic hydroxyl groups excluding tert-OH is 1. The maximum atomic E-state index is 12.5. The van der Waals surface area contributed by atoms with Crippen molar-refractivity contribution in [2.75, 3.05) is 18.1 Å². The number of nitrogens with zero attached hydrogens (tertiary/aromatic N) is 1. The molecule has 0 aliphatic carbocycles. The van der Waals surface area contributed by atoms with Crippen LogP contribution >= 0.6 is 0 Å². The Kier molecular flexibility index (Phi) is 4.81. The van der Waals surface area contributed by atoms with Crippen molar-refractivity contribution in [1.82, 2.24) is 5.32 Å². The molecule has 5 heteroatoms. The quantitative estimate of drug-likeness (QED) is 0.884. The first kappa shape index (κ1) is 16.5. The Morgan fingerprint density at radius 2 is 2.04 bits per heavy atom. The molecule has 3 rings (SSSR count). The smallest absolute Gasteiger partial charge is 0.227 e. The van der Waals surface area contributed by atoms with Gasteiger partial charge in [-0.05, 0) is 24.8 Å². The van der Waals surface area contributed by atoms with Gasteiger partial charge in [0.25, 0.3) is 0 Å². The van der Waals surface area contributed by atoms with Crippen molar-refractivity contribution in [3.8, 4) is 0 Å². The molecule has 24 heavy (non-hydrogen) atoms. The highest BCUT2D eigenvalue weighted by Crippen LogP contribution is 2.31. The average Bonchev–Trinajstić information content (AvgIpc) is 2.96. The summed E-state index contributed by atoms with van der Waals surface area (Å²) in [5.74, 6) is -0.494. The third-order valence-electron chi connectivity index (χ3n) is 4.50. The molecule has 2 unspecified atom stereocenters. The maximum absolute atomic E-state index is 12.5. The van der Waals surface area contributed by atoms with Crippen molar-refractivity contribution in [3.63, 3.8) is 0 Å². The van der Waals surface area contributed by atoms with Crippen molar-refractivity contribution in [2.45, 2.75) is 25.8 Å². The summed E-state index contributed by atoms with van der Waals surface area (Å²) in [7, 11) is 0. The molecule has 2 aromatic carbocycles. The number of nitrogens with one attached hydrogen (secondary N) is 1. The molecule has 2 atom stereocenters. The molecular formula is C19H22N2O3. The van der Waals surface area contributed by atoms with Gasteiger partial charge < -0.3 is 15.3 Å². The van der Waals surface area contributed by atoms with Gasteiger partial charge >= 0.3 is 0 Å². The second-order valence-corrected chi connectivity index (χ2v) is 6.33. The molecule has 1 fully saturated rings. The molecule has 1 aliphatic heterocycles. The Balaban J connectivity index is 1.78. The Morgan fingerprint density at radius 3 is 2.83 bits per heavy atom. The summed E-state index contributed by atoms with van der Waals surface area (Å²) >= 11 is 0. The molecule has 126 valence electrons. The van der Waals surface area contributed by atoms with Gasteiger partial charge in [-0.2, -0.15) is 0 Å².